The average molecular weight is 353 g/mol. The molecule has 0 aliphatic carbocycles. The zero-order valence-electron chi connectivity index (χ0n) is 12.5. The summed E-state index contributed by atoms with van der Waals surface area (Å²) in [6.07, 6.45) is 0. The standard InChI is InChI=1S/C16H14Cl2N2O3/c1-3-22-16(21)12-8(2)23-15(20)9(7-19)13(12)14-10(17)5-4-6-11(14)18/h4-6,13H,3,20H2,1-2H3. The maximum Gasteiger partial charge on any atom is 0.338 e. The van der Waals surface area contributed by atoms with Crippen LogP contribution >= 0.6 is 23.2 Å². The van der Waals surface area contributed by atoms with Gasteiger partial charge in [-0.1, -0.05) is 29.3 Å². The molecule has 23 heavy (non-hydrogen) atoms. The summed E-state index contributed by atoms with van der Waals surface area (Å²) in [4.78, 5) is 12.4. The number of nitriles is 1. The summed E-state index contributed by atoms with van der Waals surface area (Å²) in [5, 5.41) is 10.1. The highest BCUT2D eigenvalue weighted by Crippen LogP contribution is 2.44. The smallest absolute Gasteiger partial charge is 0.338 e. The Morgan fingerprint density at radius 2 is 2.04 bits per heavy atom. The molecule has 0 saturated carbocycles. The van der Waals surface area contributed by atoms with Crippen molar-refractivity contribution in [2.45, 2.75) is 19.8 Å². The zero-order chi connectivity index (χ0) is 17.1. The van der Waals surface area contributed by atoms with Gasteiger partial charge in [0.25, 0.3) is 0 Å². The summed E-state index contributed by atoms with van der Waals surface area (Å²) < 4.78 is 10.4. The first-order valence-corrected chi connectivity index (χ1v) is 7.57. The first-order chi connectivity index (χ1) is 10.9. The van der Waals surface area contributed by atoms with Crippen LogP contribution in [0.5, 0.6) is 0 Å². The van der Waals surface area contributed by atoms with Gasteiger partial charge in [-0.25, -0.2) is 4.79 Å². The third-order valence-corrected chi connectivity index (χ3v) is 4.05. The highest BCUT2D eigenvalue weighted by atomic mass is 35.5. The molecular weight excluding hydrogens is 339 g/mol. The molecule has 1 heterocycles. The van der Waals surface area contributed by atoms with E-state index < -0.39 is 11.9 Å². The van der Waals surface area contributed by atoms with Crippen LogP contribution in [0.15, 0.2) is 41.0 Å². The van der Waals surface area contributed by atoms with Crippen molar-refractivity contribution in [3.8, 4) is 6.07 Å². The maximum atomic E-state index is 12.4. The monoisotopic (exact) mass is 352 g/mol. The second-order valence-corrected chi connectivity index (χ2v) is 5.56. The van der Waals surface area contributed by atoms with Gasteiger partial charge >= 0.3 is 5.97 Å². The summed E-state index contributed by atoms with van der Waals surface area (Å²) in [6, 6.07) is 6.90. The van der Waals surface area contributed by atoms with Crippen molar-refractivity contribution >= 4 is 29.2 Å². The van der Waals surface area contributed by atoms with E-state index in [1.54, 1.807) is 32.0 Å². The van der Waals surface area contributed by atoms with Gasteiger partial charge in [0.05, 0.1) is 18.1 Å². The van der Waals surface area contributed by atoms with Gasteiger partial charge in [-0.3, -0.25) is 0 Å². The number of nitrogens with two attached hydrogens (primary N) is 1. The summed E-state index contributed by atoms with van der Waals surface area (Å²) >= 11 is 12.5. The minimum atomic E-state index is -0.839. The van der Waals surface area contributed by atoms with Gasteiger partial charge in [0.2, 0.25) is 5.88 Å². The molecule has 0 spiro atoms. The molecule has 2 rings (SSSR count). The lowest BCUT2D eigenvalue weighted by atomic mass is 9.83. The first kappa shape index (κ1) is 17.2. The molecule has 0 amide bonds. The number of hydrogen-bond donors (Lipinski definition) is 1. The lowest BCUT2D eigenvalue weighted by molar-refractivity contribution is -0.139. The van der Waals surface area contributed by atoms with Crippen molar-refractivity contribution < 1.29 is 14.3 Å². The van der Waals surface area contributed by atoms with Crippen molar-refractivity contribution in [2.75, 3.05) is 6.61 Å². The number of hydrogen-bond acceptors (Lipinski definition) is 5. The number of carbonyl (C=O) groups excluding carboxylic acids is 1. The largest absolute Gasteiger partial charge is 0.463 e. The molecule has 5 nitrogen and oxygen atoms in total. The second kappa shape index (κ2) is 6.95. The van der Waals surface area contributed by atoms with Crippen LogP contribution in [0.4, 0.5) is 0 Å². The van der Waals surface area contributed by atoms with Gasteiger partial charge in [0, 0.05) is 15.6 Å². The molecule has 1 atom stereocenters. The van der Waals surface area contributed by atoms with Gasteiger partial charge in [0.1, 0.15) is 17.4 Å². The number of allylic oxidation sites excluding steroid dienone is 2. The molecule has 0 aromatic heterocycles. The van der Waals surface area contributed by atoms with Crippen molar-refractivity contribution in [3.05, 3.63) is 56.6 Å². The Bertz CT molecular complexity index is 743. The summed E-state index contributed by atoms with van der Waals surface area (Å²) in [6.45, 7) is 3.44. The summed E-state index contributed by atoms with van der Waals surface area (Å²) in [7, 11) is 0. The quantitative estimate of drug-likeness (QED) is 0.839. The second-order valence-electron chi connectivity index (χ2n) is 4.75. The summed E-state index contributed by atoms with van der Waals surface area (Å²) in [5.41, 5.74) is 6.45. The summed E-state index contributed by atoms with van der Waals surface area (Å²) in [5.74, 6) is -1.28. The molecule has 0 radical (unpaired) electrons. The predicted octanol–water partition coefficient (Wildman–Crippen LogP) is 3.64. The van der Waals surface area contributed by atoms with E-state index in [1.165, 1.54) is 0 Å². The topological polar surface area (TPSA) is 85.3 Å². The molecule has 1 aromatic carbocycles. The van der Waals surface area contributed by atoms with E-state index in [9.17, 15) is 10.1 Å². The highest BCUT2D eigenvalue weighted by molar-refractivity contribution is 6.36. The van der Waals surface area contributed by atoms with Crippen molar-refractivity contribution in [2.24, 2.45) is 5.73 Å². The van der Waals surface area contributed by atoms with Gasteiger partial charge in [-0.2, -0.15) is 5.26 Å². The SMILES string of the molecule is CCOC(=O)C1=C(C)OC(N)=C(C#N)C1c1c(Cl)cccc1Cl. The number of nitrogens with zero attached hydrogens (tertiary/aromatic N) is 1. The van der Waals surface area contributed by atoms with Crippen LogP contribution in [0.2, 0.25) is 10.0 Å². The first-order valence-electron chi connectivity index (χ1n) is 6.81. The molecule has 0 saturated heterocycles. The van der Waals surface area contributed by atoms with Crippen molar-refractivity contribution in [1.29, 1.82) is 5.26 Å². The maximum absolute atomic E-state index is 12.4. The van der Waals surface area contributed by atoms with Crippen LogP contribution in [0, 0.1) is 11.3 Å². The number of carbonyl (C=O) groups is 1. The van der Waals surface area contributed by atoms with E-state index in [4.69, 9.17) is 38.4 Å². The van der Waals surface area contributed by atoms with Crippen LogP contribution in [0.1, 0.15) is 25.3 Å². The molecule has 1 aliphatic heterocycles. The van der Waals surface area contributed by atoms with E-state index >= 15 is 0 Å². The van der Waals surface area contributed by atoms with E-state index in [0.29, 0.717) is 15.6 Å². The van der Waals surface area contributed by atoms with Crippen LogP contribution < -0.4 is 5.73 Å². The van der Waals surface area contributed by atoms with Gasteiger partial charge in [-0.05, 0) is 26.0 Å². The fourth-order valence-corrected chi connectivity index (χ4v) is 3.05. The average Bonchev–Trinajstić information content (AvgIpc) is 2.47. The number of benzene rings is 1. The number of ether oxygens (including phenoxy) is 2. The predicted molar refractivity (Wildman–Crippen MR) is 86.4 cm³/mol. The molecule has 120 valence electrons. The molecule has 0 fully saturated rings. The number of halogens is 2. The Labute approximate surface area is 143 Å². The number of rotatable bonds is 3. The van der Waals surface area contributed by atoms with Gasteiger partial charge in [0.15, 0.2) is 0 Å². The molecule has 1 unspecified atom stereocenters. The Morgan fingerprint density at radius 3 is 2.57 bits per heavy atom. The highest BCUT2D eigenvalue weighted by Gasteiger charge is 2.38. The third-order valence-electron chi connectivity index (χ3n) is 3.39. The van der Waals surface area contributed by atoms with Crippen LogP contribution in [-0.4, -0.2) is 12.6 Å². The van der Waals surface area contributed by atoms with Crippen molar-refractivity contribution in [1.82, 2.24) is 0 Å². The zero-order valence-corrected chi connectivity index (χ0v) is 14.0. The van der Waals surface area contributed by atoms with E-state index in [0.717, 1.165) is 0 Å². The minimum Gasteiger partial charge on any atom is -0.463 e. The fourth-order valence-electron chi connectivity index (χ4n) is 2.43. The Balaban J connectivity index is 2.72. The molecule has 1 aliphatic rings. The fraction of sp³-hybridized carbons (Fsp3) is 0.250. The molecule has 2 N–H and O–H groups in total. The third kappa shape index (κ3) is 3.14. The van der Waals surface area contributed by atoms with Crippen molar-refractivity contribution in [3.63, 3.8) is 0 Å². The normalized spacial score (nSPS) is 17.6. The van der Waals surface area contributed by atoms with Crippen LogP contribution in [0.3, 0.4) is 0 Å². The number of esters is 1. The lowest BCUT2D eigenvalue weighted by Crippen LogP contribution is -2.26. The Morgan fingerprint density at radius 1 is 1.43 bits per heavy atom. The van der Waals surface area contributed by atoms with Crippen LogP contribution in [0.25, 0.3) is 0 Å². The Kier molecular flexibility index (Phi) is 5.19. The van der Waals surface area contributed by atoms with Gasteiger partial charge in [-0.15, -0.1) is 0 Å². The van der Waals surface area contributed by atoms with Crippen LogP contribution in [-0.2, 0) is 14.3 Å². The molecule has 7 heteroatoms. The van der Waals surface area contributed by atoms with E-state index in [1.807, 2.05) is 6.07 Å². The molecule has 0 bridgehead atoms. The Hall–Kier alpha value is -2.16. The lowest BCUT2D eigenvalue weighted by Gasteiger charge is -2.27. The van der Waals surface area contributed by atoms with E-state index in [-0.39, 0.29) is 29.4 Å². The van der Waals surface area contributed by atoms with Gasteiger partial charge < -0.3 is 15.2 Å². The van der Waals surface area contributed by atoms with E-state index in [2.05, 4.69) is 0 Å². The minimum absolute atomic E-state index is 0.0636. The molecular formula is C16H14Cl2N2O3. The molecule has 1 aromatic rings.